The second-order valence-corrected chi connectivity index (χ2v) is 5.66. The first-order chi connectivity index (χ1) is 11.2. The number of rotatable bonds is 4. The van der Waals surface area contributed by atoms with Crippen LogP contribution in [0, 0.1) is 0 Å². The van der Waals surface area contributed by atoms with E-state index in [-0.39, 0.29) is 11.6 Å². The van der Waals surface area contributed by atoms with Crippen LogP contribution in [0.3, 0.4) is 0 Å². The standard InChI is InChI=1S/C19H21N3O/c1-4-14-9-11-15(12-10-14)22-18(13(2)20-3)21-17-8-6-5-7-16(17)19(22)23/h5-13,20H,4H2,1-3H3. The summed E-state index contributed by atoms with van der Waals surface area (Å²) in [4.78, 5) is 17.7. The van der Waals surface area contributed by atoms with E-state index in [4.69, 9.17) is 4.98 Å². The zero-order valence-electron chi connectivity index (χ0n) is 13.7. The molecule has 0 bridgehead atoms. The molecular weight excluding hydrogens is 286 g/mol. The normalized spacial score (nSPS) is 12.5. The van der Waals surface area contributed by atoms with Crippen molar-refractivity contribution >= 4 is 10.9 Å². The maximum absolute atomic E-state index is 13.0. The van der Waals surface area contributed by atoms with Gasteiger partial charge < -0.3 is 5.32 Å². The number of hydrogen-bond donors (Lipinski definition) is 1. The van der Waals surface area contributed by atoms with Crippen LogP contribution in [0.15, 0.2) is 53.3 Å². The number of nitrogens with one attached hydrogen (secondary N) is 1. The van der Waals surface area contributed by atoms with E-state index >= 15 is 0 Å². The molecule has 4 nitrogen and oxygen atoms in total. The smallest absolute Gasteiger partial charge is 0.266 e. The molecule has 1 aromatic heterocycles. The third-order valence-electron chi connectivity index (χ3n) is 4.22. The Hall–Kier alpha value is -2.46. The fraction of sp³-hybridized carbons (Fsp3) is 0.263. The second-order valence-electron chi connectivity index (χ2n) is 5.66. The minimum Gasteiger partial charge on any atom is -0.311 e. The first-order valence-corrected chi connectivity index (χ1v) is 7.94. The SMILES string of the molecule is CCc1ccc(-n2c(C(C)NC)nc3ccccc3c2=O)cc1. The molecule has 0 amide bonds. The van der Waals surface area contributed by atoms with Crippen molar-refractivity contribution in [3.63, 3.8) is 0 Å². The van der Waals surface area contributed by atoms with Crippen LogP contribution in [-0.4, -0.2) is 16.6 Å². The molecule has 118 valence electrons. The lowest BCUT2D eigenvalue weighted by molar-refractivity contribution is 0.589. The summed E-state index contributed by atoms with van der Waals surface area (Å²) in [5.41, 5.74) is 2.80. The summed E-state index contributed by atoms with van der Waals surface area (Å²) in [6, 6.07) is 15.6. The first-order valence-electron chi connectivity index (χ1n) is 7.94. The summed E-state index contributed by atoms with van der Waals surface area (Å²) in [5, 5.41) is 3.82. The number of aryl methyl sites for hydroxylation is 1. The Kier molecular flexibility index (Phi) is 4.26. The molecule has 1 atom stereocenters. The lowest BCUT2D eigenvalue weighted by Gasteiger charge is -2.18. The highest BCUT2D eigenvalue weighted by atomic mass is 16.1. The lowest BCUT2D eigenvalue weighted by Crippen LogP contribution is -2.28. The van der Waals surface area contributed by atoms with Gasteiger partial charge in [0.25, 0.3) is 5.56 Å². The summed E-state index contributed by atoms with van der Waals surface area (Å²) in [5.74, 6) is 0.723. The molecule has 3 aromatic rings. The van der Waals surface area contributed by atoms with Crippen LogP contribution in [0.5, 0.6) is 0 Å². The molecule has 0 aliphatic rings. The van der Waals surface area contributed by atoms with Gasteiger partial charge >= 0.3 is 0 Å². The van der Waals surface area contributed by atoms with Crippen LogP contribution < -0.4 is 10.9 Å². The molecule has 1 N–H and O–H groups in total. The van der Waals surface area contributed by atoms with Gasteiger partial charge in [-0.25, -0.2) is 4.98 Å². The fourth-order valence-corrected chi connectivity index (χ4v) is 2.70. The molecule has 1 unspecified atom stereocenters. The molecule has 23 heavy (non-hydrogen) atoms. The topological polar surface area (TPSA) is 46.9 Å². The van der Waals surface area contributed by atoms with E-state index in [1.165, 1.54) is 5.56 Å². The van der Waals surface area contributed by atoms with Crippen molar-refractivity contribution in [3.8, 4) is 5.69 Å². The van der Waals surface area contributed by atoms with Gasteiger partial charge in [-0.15, -0.1) is 0 Å². The largest absolute Gasteiger partial charge is 0.311 e. The van der Waals surface area contributed by atoms with Gasteiger partial charge in [-0.2, -0.15) is 0 Å². The minimum absolute atomic E-state index is 0.0295. The molecule has 1 heterocycles. The van der Waals surface area contributed by atoms with Crippen molar-refractivity contribution in [2.24, 2.45) is 0 Å². The highest BCUT2D eigenvalue weighted by Crippen LogP contribution is 2.18. The van der Waals surface area contributed by atoms with Gasteiger partial charge in [0.05, 0.1) is 22.6 Å². The Labute approximate surface area is 135 Å². The lowest BCUT2D eigenvalue weighted by atomic mass is 10.1. The van der Waals surface area contributed by atoms with Crippen molar-refractivity contribution in [2.45, 2.75) is 26.3 Å². The zero-order valence-corrected chi connectivity index (χ0v) is 13.7. The Balaban J connectivity index is 2.31. The number of benzene rings is 2. The number of hydrogen-bond acceptors (Lipinski definition) is 3. The van der Waals surface area contributed by atoms with Crippen LogP contribution >= 0.6 is 0 Å². The molecule has 0 spiro atoms. The maximum Gasteiger partial charge on any atom is 0.266 e. The Bertz CT molecular complexity index is 881. The molecule has 0 radical (unpaired) electrons. The molecule has 3 rings (SSSR count). The van der Waals surface area contributed by atoms with Crippen LogP contribution in [0.25, 0.3) is 16.6 Å². The Morgan fingerprint density at radius 1 is 1.13 bits per heavy atom. The average molecular weight is 307 g/mol. The molecule has 0 aliphatic heterocycles. The first kappa shape index (κ1) is 15.4. The summed E-state index contributed by atoms with van der Waals surface area (Å²) < 4.78 is 1.71. The molecular formula is C19H21N3O. The molecule has 2 aromatic carbocycles. The van der Waals surface area contributed by atoms with E-state index in [9.17, 15) is 4.79 Å². The van der Waals surface area contributed by atoms with Gasteiger partial charge in [0.15, 0.2) is 0 Å². The Morgan fingerprint density at radius 2 is 1.83 bits per heavy atom. The van der Waals surface area contributed by atoms with Gasteiger partial charge in [-0.3, -0.25) is 9.36 Å². The molecule has 0 saturated carbocycles. The minimum atomic E-state index is -0.0306. The molecule has 0 aliphatic carbocycles. The van der Waals surface area contributed by atoms with Gasteiger partial charge in [0.2, 0.25) is 0 Å². The molecule has 0 fully saturated rings. The van der Waals surface area contributed by atoms with Gasteiger partial charge in [-0.05, 0) is 50.2 Å². The van der Waals surface area contributed by atoms with Crippen molar-refractivity contribution in [3.05, 3.63) is 70.3 Å². The van der Waals surface area contributed by atoms with Crippen LogP contribution in [0.4, 0.5) is 0 Å². The van der Waals surface area contributed by atoms with Gasteiger partial charge in [0, 0.05) is 0 Å². The monoisotopic (exact) mass is 307 g/mol. The Morgan fingerprint density at radius 3 is 2.48 bits per heavy atom. The summed E-state index contributed by atoms with van der Waals surface area (Å²) >= 11 is 0. The van der Waals surface area contributed by atoms with Crippen molar-refractivity contribution in [1.82, 2.24) is 14.9 Å². The fourth-order valence-electron chi connectivity index (χ4n) is 2.70. The average Bonchev–Trinajstić information content (AvgIpc) is 2.61. The summed E-state index contributed by atoms with van der Waals surface area (Å²) in [6.45, 7) is 4.13. The van der Waals surface area contributed by atoms with Crippen molar-refractivity contribution in [2.75, 3.05) is 7.05 Å². The van der Waals surface area contributed by atoms with E-state index in [0.717, 1.165) is 23.4 Å². The van der Waals surface area contributed by atoms with Gasteiger partial charge in [-0.1, -0.05) is 31.2 Å². The van der Waals surface area contributed by atoms with Crippen LogP contribution in [-0.2, 0) is 6.42 Å². The maximum atomic E-state index is 13.0. The number of para-hydroxylation sites is 1. The molecule has 4 heteroatoms. The number of aromatic nitrogens is 2. The highest BCUT2D eigenvalue weighted by molar-refractivity contribution is 5.77. The predicted molar refractivity (Wildman–Crippen MR) is 94.2 cm³/mol. The van der Waals surface area contributed by atoms with Crippen molar-refractivity contribution < 1.29 is 0 Å². The quantitative estimate of drug-likeness (QED) is 0.805. The second kappa shape index (κ2) is 6.34. The molecule has 0 saturated heterocycles. The van der Waals surface area contributed by atoms with Crippen LogP contribution in [0.1, 0.15) is 31.3 Å². The van der Waals surface area contributed by atoms with E-state index in [0.29, 0.717) is 5.39 Å². The van der Waals surface area contributed by atoms with Crippen LogP contribution in [0.2, 0.25) is 0 Å². The predicted octanol–water partition coefficient (Wildman–Crippen LogP) is 3.23. The zero-order chi connectivity index (χ0) is 16.4. The summed E-state index contributed by atoms with van der Waals surface area (Å²) in [7, 11) is 1.87. The van der Waals surface area contributed by atoms with Crippen molar-refractivity contribution in [1.29, 1.82) is 0 Å². The van der Waals surface area contributed by atoms with E-state index < -0.39 is 0 Å². The number of fused-ring (bicyclic) bond motifs is 1. The highest BCUT2D eigenvalue weighted by Gasteiger charge is 2.16. The van der Waals surface area contributed by atoms with E-state index in [2.05, 4.69) is 24.4 Å². The summed E-state index contributed by atoms with van der Waals surface area (Å²) in [6.07, 6.45) is 0.977. The third kappa shape index (κ3) is 2.78. The van der Waals surface area contributed by atoms with E-state index in [1.807, 2.05) is 50.4 Å². The van der Waals surface area contributed by atoms with Gasteiger partial charge in [0.1, 0.15) is 5.82 Å². The van der Waals surface area contributed by atoms with E-state index in [1.54, 1.807) is 4.57 Å². The number of nitrogens with zero attached hydrogens (tertiary/aromatic N) is 2. The third-order valence-corrected chi connectivity index (χ3v) is 4.22.